The van der Waals surface area contributed by atoms with Gasteiger partial charge >= 0.3 is 0 Å². The number of nitrogens with one attached hydrogen (secondary N) is 1. The van der Waals surface area contributed by atoms with Crippen molar-refractivity contribution in [2.45, 2.75) is 12.8 Å². The molecular weight excluding hydrogens is 144 g/mol. The van der Waals surface area contributed by atoms with Crippen LogP contribution in [0.1, 0.15) is 12.8 Å². The fourth-order valence-corrected chi connectivity index (χ4v) is 1.15. The normalized spacial score (nSPS) is 16.0. The van der Waals surface area contributed by atoms with Crippen molar-refractivity contribution in [1.29, 1.82) is 0 Å². The first kappa shape index (κ1) is 7.69. The van der Waals surface area contributed by atoms with Gasteiger partial charge in [0, 0.05) is 11.6 Å². The molecule has 0 aliphatic carbocycles. The topological polar surface area (TPSA) is 24.9 Å². The van der Waals surface area contributed by atoms with Gasteiger partial charge in [0.05, 0.1) is 5.51 Å². The molecule has 0 atom stereocenters. The molecule has 1 aliphatic heterocycles. The van der Waals surface area contributed by atoms with Gasteiger partial charge in [0.2, 0.25) is 0 Å². The largest absolute Gasteiger partial charge is 0.317 e. The lowest BCUT2D eigenvalue weighted by Crippen LogP contribution is -2.03. The molecule has 0 saturated carbocycles. The van der Waals surface area contributed by atoms with Crippen molar-refractivity contribution < 1.29 is 0 Å². The Morgan fingerprint density at radius 1 is 1.30 bits per heavy atom. The standard InChI is InChI=1S/C4H9N.C3H3NS/c1-2-4-5-3-1;1-2-5-3-4-1/h5H,1-4H2;1-3H. The summed E-state index contributed by atoms with van der Waals surface area (Å²) in [5.41, 5.74) is 1.79. The lowest BCUT2D eigenvalue weighted by Gasteiger charge is -1.76. The predicted molar refractivity (Wildman–Crippen MR) is 44.2 cm³/mol. The monoisotopic (exact) mass is 156 g/mol. The highest BCUT2D eigenvalue weighted by molar-refractivity contribution is 7.07. The summed E-state index contributed by atoms with van der Waals surface area (Å²) in [5.74, 6) is 0. The quantitative estimate of drug-likeness (QED) is 0.616. The zero-order valence-electron chi connectivity index (χ0n) is 5.92. The van der Waals surface area contributed by atoms with Gasteiger partial charge in [-0.1, -0.05) is 0 Å². The molecule has 10 heavy (non-hydrogen) atoms. The second-order valence-electron chi connectivity index (χ2n) is 2.13. The molecule has 1 aliphatic rings. The predicted octanol–water partition coefficient (Wildman–Crippen LogP) is 1.51. The summed E-state index contributed by atoms with van der Waals surface area (Å²) < 4.78 is 0. The molecule has 2 heterocycles. The van der Waals surface area contributed by atoms with Gasteiger partial charge in [-0.3, -0.25) is 4.98 Å². The lowest BCUT2D eigenvalue weighted by atomic mass is 10.4. The second kappa shape index (κ2) is 5.38. The Kier molecular flexibility index (Phi) is 4.14. The van der Waals surface area contributed by atoms with E-state index in [9.17, 15) is 0 Å². The molecule has 0 radical (unpaired) electrons. The van der Waals surface area contributed by atoms with Crippen molar-refractivity contribution >= 4 is 11.3 Å². The Bertz CT molecular complexity index is 110. The van der Waals surface area contributed by atoms with E-state index < -0.39 is 0 Å². The molecule has 1 N–H and O–H groups in total. The van der Waals surface area contributed by atoms with Gasteiger partial charge < -0.3 is 5.32 Å². The molecule has 1 saturated heterocycles. The summed E-state index contributed by atoms with van der Waals surface area (Å²) in [6.45, 7) is 2.50. The van der Waals surface area contributed by atoms with E-state index in [4.69, 9.17) is 0 Å². The highest BCUT2D eigenvalue weighted by atomic mass is 32.1. The van der Waals surface area contributed by atoms with Gasteiger partial charge in [0.1, 0.15) is 0 Å². The molecule has 0 bridgehead atoms. The van der Waals surface area contributed by atoms with E-state index in [0.29, 0.717) is 0 Å². The maximum Gasteiger partial charge on any atom is 0.0791 e. The van der Waals surface area contributed by atoms with Crippen LogP contribution in [0.4, 0.5) is 0 Å². The van der Waals surface area contributed by atoms with E-state index in [1.165, 1.54) is 25.9 Å². The van der Waals surface area contributed by atoms with Crippen LogP contribution < -0.4 is 5.32 Å². The molecular formula is C7H12N2S. The number of hydrogen-bond acceptors (Lipinski definition) is 3. The van der Waals surface area contributed by atoms with Crippen LogP contribution in [0.3, 0.4) is 0 Å². The maximum absolute atomic E-state index is 3.74. The highest BCUT2D eigenvalue weighted by Gasteiger charge is 1.93. The average molecular weight is 156 g/mol. The summed E-state index contributed by atoms with van der Waals surface area (Å²) in [5, 5.41) is 5.15. The van der Waals surface area contributed by atoms with E-state index in [-0.39, 0.29) is 0 Å². The Morgan fingerprint density at radius 3 is 2.30 bits per heavy atom. The minimum absolute atomic E-state index is 1.25. The number of nitrogens with zero attached hydrogens (tertiary/aromatic N) is 1. The molecule has 1 fully saturated rings. The summed E-state index contributed by atoms with van der Waals surface area (Å²) >= 11 is 1.60. The van der Waals surface area contributed by atoms with Crippen molar-refractivity contribution in [3.63, 3.8) is 0 Å². The minimum atomic E-state index is 1.25. The molecule has 3 heteroatoms. The average Bonchev–Trinajstić information content (AvgIpc) is 2.67. The number of aromatic nitrogens is 1. The SMILES string of the molecule is C1CCNC1.c1cscn1. The van der Waals surface area contributed by atoms with Crippen LogP contribution in [0.2, 0.25) is 0 Å². The smallest absolute Gasteiger partial charge is 0.0791 e. The lowest BCUT2D eigenvalue weighted by molar-refractivity contribution is 0.857. The van der Waals surface area contributed by atoms with Crippen LogP contribution in [0.25, 0.3) is 0 Å². The molecule has 0 amide bonds. The third-order valence-electron chi connectivity index (χ3n) is 1.30. The molecule has 1 aromatic heterocycles. The first-order valence-corrected chi connectivity index (χ1v) is 4.47. The Hall–Kier alpha value is -0.410. The van der Waals surface area contributed by atoms with Gasteiger partial charge in [-0.2, -0.15) is 0 Å². The third kappa shape index (κ3) is 3.58. The van der Waals surface area contributed by atoms with Gasteiger partial charge in [0.25, 0.3) is 0 Å². The molecule has 56 valence electrons. The minimum Gasteiger partial charge on any atom is -0.317 e. The fraction of sp³-hybridized carbons (Fsp3) is 0.571. The summed E-state index contributed by atoms with van der Waals surface area (Å²) in [6, 6.07) is 0. The van der Waals surface area contributed by atoms with Crippen LogP contribution in [0.15, 0.2) is 17.1 Å². The summed E-state index contributed by atoms with van der Waals surface area (Å²) in [6.07, 6.45) is 4.55. The van der Waals surface area contributed by atoms with Crippen molar-refractivity contribution in [3.05, 3.63) is 17.1 Å². The van der Waals surface area contributed by atoms with Gasteiger partial charge in [-0.25, -0.2) is 0 Å². The highest BCUT2D eigenvalue weighted by Crippen LogP contribution is 1.90. The summed E-state index contributed by atoms with van der Waals surface area (Å²) in [7, 11) is 0. The van der Waals surface area contributed by atoms with Crippen LogP contribution in [-0.4, -0.2) is 18.1 Å². The van der Waals surface area contributed by atoms with Crippen LogP contribution in [-0.2, 0) is 0 Å². The van der Waals surface area contributed by atoms with Crippen LogP contribution in [0.5, 0.6) is 0 Å². The Labute approximate surface area is 65.3 Å². The summed E-state index contributed by atoms with van der Waals surface area (Å²) in [4.78, 5) is 3.74. The zero-order valence-corrected chi connectivity index (χ0v) is 6.73. The van der Waals surface area contributed by atoms with Gasteiger partial charge in [-0.15, -0.1) is 11.3 Å². The number of thiazole rings is 1. The van der Waals surface area contributed by atoms with E-state index in [1.54, 1.807) is 23.0 Å². The van der Waals surface area contributed by atoms with Crippen molar-refractivity contribution in [2.75, 3.05) is 13.1 Å². The fourth-order valence-electron chi connectivity index (χ4n) is 0.801. The van der Waals surface area contributed by atoms with Crippen molar-refractivity contribution in [1.82, 2.24) is 10.3 Å². The zero-order chi connectivity index (χ0) is 7.07. The molecule has 0 unspecified atom stereocenters. The van der Waals surface area contributed by atoms with Crippen molar-refractivity contribution in [3.8, 4) is 0 Å². The molecule has 0 aromatic carbocycles. The van der Waals surface area contributed by atoms with E-state index in [2.05, 4.69) is 10.3 Å². The molecule has 2 rings (SSSR count). The Balaban J connectivity index is 0.0000001000. The van der Waals surface area contributed by atoms with Gasteiger partial charge in [0.15, 0.2) is 0 Å². The van der Waals surface area contributed by atoms with Gasteiger partial charge in [-0.05, 0) is 25.9 Å². The molecule has 2 nitrogen and oxygen atoms in total. The first-order valence-electron chi connectivity index (χ1n) is 3.53. The van der Waals surface area contributed by atoms with E-state index in [1.807, 2.05) is 5.38 Å². The second-order valence-corrected chi connectivity index (χ2v) is 2.89. The van der Waals surface area contributed by atoms with Crippen molar-refractivity contribution in [2.24, 2.45) is 0 Å². The maximum atomic E-state index is 3.74. The van der Waals surface area contributed by atoms with E-state index >= 15 is 0 Å². The number of rotatable bonds is 0. The molecule has 1 aromatic rings. The van der Waals surface area contributed by atoms with Crippen LogP contribution in [0, 0.1) is 0 Å². The molecule has 0 spiro atoms. The Morgan fingerprint density at radius 2 is 2.10 bits per heavy atom. The van der Waals surface area contributed by atoms with Crippen LogP contribution >= 0.6 is 11.3 Å². The first-order chi connectivity index (χ1) is 5.00. The third-order valence-corrected chi connectivity index (χ3v) is 1.83. The van der Waals surface area contributed by atoms with E-state index in [0.717, 1.165) is 0 Å². The number of hydrogen-bond donors (Lipinski definition) is 1.